The number of urea groups is 1. The number of nitrogens with zero attached hydrogens (tertiary/aromatic N) is 1. The lowest BCUT2D eigenvalue weighted by Crippen LogP contribution is -2.34. The summed E-state index contributed by atoms with van der Waals surface area (Å²) in [6.07, 6.45) is 3.40. The van der Waals surface area contributed by atoms with Gasteiger partial charge in [-0.2, -0.15) is 0 Å². The lowest BCUT2D eigenvalue weighted by Gasteiger charge is -2.08. The lowest BCUT2D eigenvalue weighted by molar-refractivity contribution is -0.0178. The van der Waals surface area contributed by atoms with Gasteiger partial charge in [0.05, 0.1) is 0 Å². The first kappa shape index (κ1) is 16.5. The highest BCUT2D eigenvalue weighted by molar-refractivity contribution is 5.72. The van der Waals surface area contributed by atoms with Crippen molar-refractivity contribution in [1.29, 1.82) is 0 Å². The molecule has 0 bridgehead atoms. The smallest absolute Gasteiger partial charge is 0.341 e. The third-order valence-corrected chi connectivity index (χ3v) is 2.90. The van der Waals surface area contributed by atoms with Crippen LogP contribution in [0, 0.1) is 5.82 Å². The van der Waals surface area contributed by atoms with E-state index in [4.69, 9.17) is 9.94 Å². The number of hydrogen-bond donors (Lipinski definition) is 2. The molecule has 2 aromatic carbocycles. The molecule has 0 aliphatic heterocycles. The number of benzene rings is 2. The zero-order chi connectivity index (χ0) is 16.7. The SMILES string of the molecule is CN(O)C(=O)NCC=Cc1ccc(F)c(Oc2ccccc2)c1. The van der Waals surface area contributed by atoms with Crippen LogP contribution in [0.3, 0.4) is 0 Å². The number of amides is 2. The maximum absolute atomic E-state index is 13.8. The molecule has 0 aliphatic rings. The average Bonchev–Trinajstić information content (AvgIpc) is 2.55. The Morgan fingerprint density at radius 2 is 2.04 bits per heavy atom. The van der Waals surface area contributed by atoms with Crippen molar-refractivity contribution in [2.45, 2.75) is 0 Å². The Kier molecular flexibility index (Phi) is 5.71. The number of halogens is 1. The molecule has 0 unspecified atom stereocenters. The molecule has 2 aromatic rings. The minimum Gasteiger partial charge on any atom is -0.454 e. The van der Waals surface area contributed by atoms with Crippen LogP contribution < -0.4 is 10.1 Å². The van der Waals surface area contributed by atoms with Crippen molar-refractivity contribution in [3.8, 4) is 11.5 Å². The fraction of sp³-hybridized carbons (Fsp3) is 0.118. The van der Waals surface area contributed by atoms with Gasteiger partial charge >= 0.3 is 6.03 Å². The van der Waals surface area contributed by atoms with Crippen molar-refractivity contribution >= 4 is 12.1 Å². The molecule has 0 saturated carbocycles. The fourth-order valence-corrected chi connectivity index (χ4v) is 1.77. The summed E-state index contributed by atoms with van der Waals surface area (Å²) in [6.45, 7) is 0.232. The molecule has 2 rings (SSSR count). The molecule has 2 amide bonds. The average molecular weight is 316 g/mol. The number of hydrogen-bond acceptors (Lipinski definition) is 3. The van der Waals surface area contributed by atoms with Gasteiger partial charge in [-0.1, -0.05) is 36.4 Å². The van der Waals surface area contributed by atoms with Gasteiger partial charge in [0.15, 0.2) is 11.6 Å². The van der Waals surface area contributed by atoms with Crippen molar-refractivity contribution in [1.82, 2.24) is 10.4 Å². The summed E-state index contributed by atoms with van der Waals surface area (Å²) in [7, 11) is 1.23. The molecule has 120 valence electrons. The zero-order valence-electron chi connectivity index (χ0n) is 12.6. The van der Waals surface area contributed by atoms with E-state index in [1.54, 1.807) is 48.6 Å². The predicted molar refractivity (Wildman–Crippen MR) is 84.9 cm³/mol. The van der Waals surface area contributed by atoms with Crippen LogP contribution in [0.15, 0.2) is 54.6 Å². The van der Waals surface area contributed by atoms with E-state index >= 15 is 0 Å². The molecular formula is C17H17FN2O3. The number of rotatable bonds is 5. The first-order valence-corrected chi connectivity index (χ1v) is 6.95. The molecule has 0 spiro atoms. The summed E-state index contributed by atoms with van der Waals surface area (Å²) < 4.78 is 19.3. The van der Waals surface area contributed by atoms with E-state index in [0.29, 0.717) is 10.8 Å². The normalized spacial score (nSPS) is 10.6. The topological polar surface area (TPSA) is 61.8 Å². The van der Waals surface area contributed by atoms with E-state index in [-0.39, 0.29) is 12.3 Å². The zero-order valence-corrected chi connectivity index (χ0v) is 12.6. The summed E-state index contributed by atoms with van der Waals surface area (Å²) in [5.74, 6) is 0.212. The number of nitrogens with one attached hydrogen (secondary N) is 1. The molecule has 0 aromatic heterocycles. The van der Waals surface area contributed by atoms with E-state index in [0.717, 1.165) is 5.56 Å². The Balaban J connectivity index is 2.01. The third-order valence-electron chi connectivity index (χ3n) is 2.90. The van der Waals surface area contributed by atoms with Gasteiger partial charge in [0.1, 0.15) is 5.75 Å². The van der Waals surface area contributed by atoms with Gasteiger partial charge in [0, 0.05) is 13.6 Å². The Labute approximate surface area is 133 Å². The highest BCUT2D eigenvalue weighted by atomic mass is 19.1. The van der Waals surface area contributed by atoms with Crippen LogP contribution in [0.1, 0.15) is 5.56 Å². The van der Waals surface area contributed by atoms with Gasteiger partial charge in [0.2, 0.25) is 0 Å². The van der Waals surface area contributed by atoms with Crippen molar-refractivity contribution in [3.63, 3.8) is 0 Å². The summed E-state index contributed by atoms with van der Waals surface area (Å²) in [4.78, 5) is 11.1. The van der Waals surface area contributed by atoms with Crippen molar-refractivity contribution in [3.05, 3.63) is 66.0 Å². The van der Waals surface area contributed by atoms with E-state index < -0.39 is 11.8 Å². The summed E-state index contributed by atoms with van der Waals surface area (Å²) >= 11 is 0. The van der Waals surface area contributed by atoms with E-state index in [1.165, 1.54) is 13.1 Å². The first-order valence-electron chi connectivity index (χ1n) is 6.95. The minimum atomic E-state index is -0.609. The van der Waals surface area contributed by atoms with Crippen LogP contribution >= 0.6 is 0 Å². The van der Waals surface area contributed by atoms with Gasteiger partial charge in [-0.15, -0.1) is 0 Å². The molecule has 0 aliphatic carbocycles. The molecule has 0 fully saturated rings. The molecular weight excluding hydrogens is 299 g/mol. The summed E-state index contributed by atoms with van der Waals surface area (Å²) in [5, 5.41) is 11.8. The first-order chi connectivity index (χ1) is 11.1. The quantitative estimate of drug-likeness (QED) is 0.653. The Bertz CT molecular complexity index is 687. The second kappa shape index (κ2) is 7.95. The second-order valence-electron chi connectivity index (χ2n) is 4.72. The van der Waals surface area contributed by atoms with Gasteiger partial charge in [-0.25, -0.2) is 14.2 Å². The molecule has 23 heavy (non-hydrogen) atoms. The second-order valence-corrected chi connectivity index (χ2v) is 4.72. The number of ether oxygens (including phenoxy) is 1. The van der Waals surface area contributed by atoms with E-state index in [2.05, 4.69) is 5.32 Å². The van der Waals surface area contributed by atoms with Gasteiger partial charge in [-0.3, -0.25) is 5.21 Å². The Morgan fingerprint density at radius 1 is 1.30 bits per heavy atom. The molecule has 0 atom stereocenters. The number of carbonyl (C=O) groups is 1. The van der Waals surface area contributed by atoms with Crippen LogP contribution in [0.2, 0.25) is 0 Å². The van der Waals surface area contributed by atoms with E-state index in [1.807, 2.05) is 6.07 Å². The van der Waals surface area contributed by atoms with Gasteiger partial charge in [0.25, 0.3) is 0 Å². The Hall–Kier alpha value is -2.86. The summed E-state index contributed by atoms with van der Waals surface area (Å²) in [5.41, 5.74) is 0.726. The molecule has 0 radical (unpaired) electrons. The van der Waals surface area contributed by atoms with E-state index in [9.17, 15) is 9.18 Å². The maximum atomic E-state index is 13.8. The van der Waals surface area contributed by atoms with Crippen LogP contribution in [-0.4, -0.2) is 29.9 Å². The molecule has 0 heterocycles. The molecule has 2 N–H and O–H groups in total. The Morgan fingerprint density at radius 3 is 2.74 bits per heavy atom. The number of hydroxylamine groups is 2. The number of para-hydroxylation sites is 1. The maximum Gasteiger partial charge on any atom is 0.341 e. The van der Waals surface area contributed by atoms with Crippen LogP contribution in [0.5, 0.6) is 11.5 Å². The van der Waals surface area contributed by atoms with Gasteiger partial charge in [-0.05, 0) is 29.8 Å². The number of carbonyl (C=O) groups excluding carboxylic acids is 1. The summed E-state index contributed by atoms with van der Waals surface area (Å²) in [6, 6.07) is 12.8. The highest BCUT2D eigenvalue weighted by Gasteiger charge is 2.05. The predicted octanol–water partition coefficient (Wildman–Crippen LogP) is 3.66. The van der Waals surface area contributed by atoms with Crippen LogP contribution in [0.4, 0.5) is 9.18 Å². The van der Waals surface area contributed by atoms with Gasteiger partial charge < -0.3 is 10.1 Å². The fourth-order valence-electron chi connectivity index (χ4n) is 1.77. The van der Waals surface area contributed by atoms with Crippen LogP contribution in [-0.2, 0) is 0 Å². The monoisotopic (exact) mass is 316 g/mol. The van der Waals surface area contributed by atoms with Crippen molar-refractivity contribution in [2.75, 3.05) is 13.6 Å². The highest BCUT2D eigenvalue weighted by Crippen LogP contribution is 2.25. The third kappa shape index (κ3) is 5.12. The minimum absolute atomic E-state index is 0.123. The molecule has 6 heteroatoms. The molecule has 5 nitrogen and oxygen atoms in total. The largest absolute Gasteiger partial charge is 0.454 e. The standard InChI is InChI=1S/C17H17FN2O3/c1-20(22)17(21)19-11-5-6-13-9-10-15(18)16(12-13)23-14-7-3-2-4-8-14/h2-10,12,22H,11H2,1H3,(H,19,21). The van der Waals surface area contributed by atoms with Crippen LogP contribution in [0.25, 0.3) is 6.08 Å². The molecule has 0 saturated heterocycles. The lowest BCUT2D eigenvalue weighted by atomic mass is 10.2. The van der Waals surface area contributed by atoms with Crippen molar-refractivity contribution in [2.24, 2.45) is 0 Å². The van der Waals surface area contributed by atoms with Crippen molar-refractivity contribution < 1.29 is 19.1 Å².